The predicted molar refractivity (Wildman–Crippen MR) is 91.0 cm³/mol. The molecule has 0 saturated heterocycles. The van der Waals surface area contributed by atoms with Gasteiger partial charge in [-0.3, -0.25) is 4.79 Å². The summed E-state index contributed by atoms with van der Waals surface area (Å²) in [5, 5.41) is 0. The zero-order chi connectivity index (χ0) is 15.2. The maximum absolute atomic E-state index is 11.5. The Morgan fingerprint density at radius 3 is 2.40 bits per heavy atom. The summed E-state index contributed by atoms with van der Waals surface area (Å²) in [7, 11) is 0. The van der Waals surface area contributed by atoms with E-state index < -0.39 is 0 Å². The first-order chi connectivity index (χ1) is 9.16. The van der Waals surface area contributed by atoms with Crippen molar-refractivity contribution in [3.8, 4) is 0 Å². The second-order valence-corrected chi connectivity index (χ2v) is 8.93. The Hall–Kier alpha value is 0.200. The second-order valence-electron chi connectivity index (χ2n) is 8.05. The molecule has 0 aliphatic heterocycles. The first kappa shape index (κ1) is 16.6. The van der Waals surface area contributed by atoms with E-state index >= 15 is 0 Å². The molecule has 2 saturated carbocycles. The molecule has 0 N–H and O–H groups in total. The smallest absolute Gasteiger partial charge is 0.303 e. The van der Waals surface area contributed by atoms with Crippen LogP contribution >= 0.6 is 22.6 Å². The zero-order valence-electron chi connectivity index (χ0n) is 13.6. The fourth-order valence-corrected chi connectivity index (χ4v) is 7.33. The predicted octanol–water partition coefficient (Wildman–Crippen LogP) is 4.99. The second kappa shape index (κ2) is 5.44. The number of rotatable bonds is 2. The molecule has 0 spiro atoms. The number of hydrogen-bond donors (Lipinski definition) is 0. The summed E-state index contributed by atoms with van der Waals surface area (Å²) in [6.07, 6.45) is 6.14. The Labute approximate surface area is 137 Å². The number of esters is 1. The van der Waals surface area contributed by atoms with Crippen molar-refractivity contribution in [2.45, 2.75) is 72.3 Å². The minimum absolute atomic E-state index is 0.125. The molecule has 3 heteroatoms. The van der Waals surface area contributed by atoms with Crippen molar-refractivity contribution < 1.29 is 9.53 Å². The molecular weight excluding hydrogens is 363 g/mol. The number of carbonyl (C=O) groups excluding carboxylic acids is 1. The average Bonchev–Trinajstić information content (AvgIpc) is 2.25. The molecule has 2 fully saturated rings. The van der Waals surface area contributed by atoms with Crippen molar-refractivity contribution in [2.24, 2.45) is 22.7 Å². The van der Waals surface area contributed by atoms with Crippen LogP contribution in [0.25, 0.3) is 0 Å². The number of alkyl halides is 1. The van der Waals surface area contributed by atoms with Crippen molar-refractivity contribution in [3.63, 3.8) is 0 Å². The molecule has 116 valence electrons. The average molecular weight is 392 g/mol. The Morgan fingerprint density at radius 1 is 1.20 bits per heavy atom. The van der Waals surface area contributed by atoms with Crippen LogP contribution in [0, 0.1) is 22.7 Å². The van der Waals surface area contributed by atoms with Gasteiger partial charge in [-0.1, -0.05) is 49.8 Å². The molecular formula is C17H29IO2. The van der Waals surface area contributed by atoms with Crippen LogP contribution in [0.15, 0.2) is 0 Å². The molecule has 2 aliphatic rings. The first-order valence-corrected chi connectivity index (χ1v) is 9.44. The van der Waals surface area contributed by atoms with Gasteiger partial charge in [0.25, 0.3) is 0 Å². The lowest BCUT2D eigenvalue weighted by Crippen LogP contribution is -2.59. The van der Waals surface area contributed by atoms with E-state index in [2.05, 4.69) is 50.3 Å². The van der Waals surface area contributed by atoms with Gasteiger partial charge in [0.15, 0.2) is 0 Å². The number of halogens is 1. The maximum Gasteiger partial charge on any atom is 0.303 e. The lowest BCUT2D eigenvalue weighted by Gasteiger charge is -2.61. The number of fused-ring (bicyclic) bond motifs is 1. The third kappa shape index (κ3) is 2.64. The van der Waals surface area contributed by atoms with Gasteiger partial charge in [-0.25, -0.2) is 0 Å². The lowest BCUT2D eigenvalue weighted by molar-refractivity contribution is -0.192. The summed E-state index contributed by atoms with van der Waals surface area (Å²) in [6.45, 7) is 11.1. The van der Waals surface area contributed by atoms with Gasteiger partial charge < -0.3 is 4.74 Å². The van der Waals surface area contributed by atoms with Crippen LogP contribution in [0.2, 0.25) is 0 Å². The fourth-order valence-electron chi connectivity index (χ4n) is 5.40. The fraction of sp³-hybridized carbons (Fsp3) is 0.941. The number of ether oxygens (including phenoxy) is 1. The number of carbonyl (C=O) groups is 1. The molecule has 4 atom stereocenters. The quantitative estimate of drug-likeness (QED) is 0.376. The van der Waals surface area contributed by atoms with E-state index in [9.17, 15) is 4.79 Å². The highest BCUT2D eigenvalue weighted by Gasteiger charge is 2.59. The SMILES string of the molecule is CC(=O)O[C@]1(C)CCC2C(C)(C)CCC[C@]2(C)[C@H]1CI. The normalized spacial score (nSPS) is 43.7. The molecule has 0 radical (unpaired) electrons. The van der Waals surface area contributed by atoms with E-state index in [4.69, 9.17) is 4.74 Å². The molecule has 0 aromatic heterocycles. The van der Waals surface area contributed by atoms with Gasteiger partial charge in [-0.05, 0) is 49.4 Å². The van der Waals surface area contributed by atoms with Gasteiger partial charge in [0.1, 0.15) is 5.60 Å². The Kier molecular flexibility index (Phi) is 4.50. The molecule has 0 heterocycles. The Morgan fingerprint density at radius 2 is 1.85 bits per heavy atom. The van der Waals surface area contributed by atoms with Crippen LogP contribution in [-0.2, 0) is 9.53 Å². The minimum Gasteiger partial charge on any atom is -0.459 e. The lowest BCUT2D eigenvalue weighted by atomic mass is 9.46. The van der Waals surface area contributed by atoms with E-state index in [1.165, 1.54) is 25.7 Å². The molecule has 2 rings (SSSR count). The molecule has 0 amide bonds. The van der Waals surface area contributed by atoms with E-state index in [1.54, 1.807) is 6.92 Å². The summed E-state index contributed by atoms with van der Waals surface area (Å²) in [6, 6.07) is 0. The molecule has 1 unspecified atom stereocenters. The van der Waals surface area contributed by atoms with E-state index in [-0.39, 0.29) is 11.6 Å². The standard InChI is InChI=1S/C17H29IO2/c1-12(19)20-17(5)10-7-13-15(2,3)8-6-9-16(13,4)14(17)11-18/h13-14H,6-11H2,1-5H3/t13?,14-,16+,17-/m1/s1. The molecule has 2 nitrogen and oxygen atoms in total. The van der Waals surface area contributed by atoms with Crippen molar-refractivity contribution in [1.82, 2.24) is 0 Å². The summed E-state index contributed by atoms with van der Waals surface area (Å²) < 4.78 is 6.89. The maximum atomic E-state index is 11.5. The topological polar surface area (TPSA) is 26.3 Å². The summed E-state index contributed by atoms with van der Waals surface area (Å²) >= 11 is 2.50. The van der Waals surface area contributed by atoms with Crippen LogP contribution in [0.5, 0.6) is 0 Å². The Balaban J connectivity index is 2.36. The summed E-state index contributed by atoms with van der Waals surface area (Å²) in [5.74, 6) is 1.10. The highest BCUT2D eigenvalue weighted by atomic mass is 127. The van der Waals surface area contributed by atoms with Crippen molar-refractivity contribution in [2.75, 3.05) is 4.43 Å². The van der Waals surface area contributed by atoms with E-state index in [0.717, 1.165) is 16.8 Å². The molecule has 0 aromatic rings. The van der Waals surface area contributed by atoms with Crippen molar-refractivity contribution in [1.29, 1.82) is 0 Å². The van der Waals surface area contributed by atoms with Crippen molar-refractivity contribution in [3.05, 3.63) is 0 Å². The Bertz CT molecular complexity index is 392. The highest BCUT2D eigenvalue weighted by Crippen LogP contribution is 2.62. The summed E-state index contributed by atoms with van der Waals surface area (Å²) in [5.41, 5.74) is 0.464. The van der Waals surface area contributed by atoms with Crippen LogP contribution in [-0.4, -0.2) is 16.0 Å². The van der Waals surface area contributed by atoms with Crippen LogP contribution in [0.1, 0.15) is 66.7 Å². The van der Waals surface area contributed by atoms with Gasteiger partial charge in [-0.2, -0.15) is 0 Å². The minimum atomic E-state index is -0.272. The van der Waals surface area contributed by atoms with Crippen LogP contribution in [0.4, 0.5) is 0 Å². The third-order valence-electron chi connectivity index (χ3n) is 6.27. The largest absolute Gasteiger partial charge is 0.459 e. The van der Waals surface area contributed by atoms with Crippen LogP contribution in [0.3, 0.4) is 0 Å². The van der Waals surface area contributed by atoms with Crippen LogP contribution < -0.4 is 0 Å². The molecule has 0 aromatic carbocycles. The monoisotopic (exact) mass is 392 g/mol. The molecule has 0 bridgehead atoms. The third-order valence-corrected chi connectivity index (χ3v) is 7.15. The number of hydrogen-bond acceptors (Lipinski definition) is 2. The van der Waals surface area contributed by atoms with Gasteiger partial charge in [0.05, 0.1) is 0 Å². The van der Waals surface area contributed by atoms with E-state index in [0.29, 0.717) is 16.7 Å². The van der Waals surface area contributed by atoms with E-state index in [1.807, 2.05) is 0 Å². The van der Waals surface area contributed by atoms with Gasteiger partial charge >= 0.3 is 5.97 Å². The van der Waals surface area contributed by atoms with Gasteiger partial charge in [0.2, 0.25) is 0 Å². The zero-order valence-corrected chi connectivity index (χ0v) is 15.7. The highest BCUT2D eigenvalue weighted by molar-refractivity contribution is 14.1. The molecule has 2 aliphatic carbocycles. The van der Waals surface area contributed by atoms with Gasteiger partial charge in [0, 0.05) is 17.3 Å². The summed E-state index contributed by atoms with van der Waals surface area (Å²) in [4.78, 5) is 11.5. The van der Waals surface area contributed by atoms with Gasteiger partial charge in [-0.15, -0.1) is 0 Å². The molecule has 20 heavy (non-hydrogen) atoms. The van der Waals surface area contributed by atoms with Crippen molar-refractivity contribution >= 4 is 28.6 Å². The first-order valence-electron chi connectivity index (χ1n) is 7.91.